The van der Waals surface area contributed by atoms with E-state index in [1.807, 2.05) is 58.0 Å². The predicted molar refractivity (Wildman–Crippen MR) is 140 cm³/mol. The number of rotatable bonds is 10. The van der Waals surface area contributed by atoms with Gasteiger partial charge in [-0.05, 0) is 57.4 Å². The first-order valence-electron chi connectivity index (χ1n) is 12.8. The van der Waals surface area contributed by atoms with Crippen LogP contribution in [0.25, 0.3) is 0 Å². The van der Waals surface area contributed by atoms with Crippen LogP contribution in [0.15, 0.2) is 54.6 Å². The van der Waals surface area contributed by atoms with Gasteiger partial charge in [-0.15, -0.1) is 0 Å². The summed E-state index contributed by atoms with van der Waals surface area (Å²) in [7, 11) is 0. The molecule has 1 heterocycles. The first-order chi connectivity index (χ1) is 17.5. The first-order valence-corrected chi connectivity index (χ1v) is 12.8. The fraction of sp³-hybridized carbons (Fsp3) is 0.483. The fourth-order valence-electron chi connectivity index (χ4n) is 4.43. The van der Waals surface area contributed by atoms with Crippen LogP contribution in [0.3, 0.4) is 0 Å². The highest BCUT2D eigenvalue weighted by molar-refractivity contribution is 5.99. The van der Waals surface area contributed by atoms with E-state index in [-0.39, 0.29) is 25.6 Å². The van der Waals surface area contributed by atoms with Crippen LogP contribution in [0.5, 0.6) is 0 Å². The Hall–Kier alpha value is -3.23. The molecule has 0 aliphatic carbocycles. The number of hydrogen-bond acceptors (Lipinski definition) is 7. The van der Waals surface area contributed by atoms with Crippen LogP contribution in [0, 0.1) is 0 Å². The van der Waals surface area contributed by atoms with Crippen LogP contribution in [0.2, 0.25) is 0 Å². The number of aliphatic hydroxyl groups is 1. The highest BCUT2D eigenvalue weighted by Crippen LogP contribution is 2.27. The van der Waals surface area contributed by atoms with E-state index < -0.39 is 35.2 Å². The van der Waals surface area contributed by atoms with Gasteiger partial charge in [-0.1, -0.05) is 55.8 Å². The molecule has 2 aromatic carbocycles. The number of amides is 2. The van der Waals surface area contributed by atoms with Gasteiger partial charge in [0.05, 0.1) is 17.7 Å². The molecule has 0 saturated carbocycles. The van der Waals surface area contributed by atoms with Crippen molar-refractivity contribution in [3.05, 3.63) is 71.3 Å². The molecule has 2 aromatic rings. The van der Waals surface area contributed by atoms with Crippen LogP contribution in [0.1, 0.15) is 68.9 Å². The lowest BCUT2D eigenvalue weighted by atomic mass is 9.83. The Kier molecular flexibility index (Phi) is 9.10. The van der Waals surface area contributed by atoms with E-state index in [1.165, 1.54) is 0 Å². The molecule has 0 spiro atoms. The molecule has 37 heavy (non-hydrogen) atoms. The van der Waals surface area contributed by atoms with Gasteiger partial charge in [0.1, 0.15) is 17.7 Å². The summed E-state index contributed by atoms with van der Waals surface area (Å²) in [5.41, 5.74) is -0.0294. The van der Waals surface area contributed by atoms with E-state index in [1.54, 1.807) is 31.2 Å². The summed E-state index contributed by atoms with van der Waals surface area (Å²) < 4.78 is 10.6. The zero-order valence-electron chi connectivity index (χ0n) is 22.3. The van der Waals surface area contributed by atoms with E-state index in [0.717, 1.165) is 22.4 Å². The van der Waals surface area contributed by atoms with Crippen molar-refractivity contribution < 1.29 is 29.0 Å². The summed E-state index contributed by atoms with van der Waals surface area (Å²) in [6, 6.07) is 15.9. The first kappa shape index (κ1) is 28.3. The maximum absolute atomic E-state index is 14.0. The number of carbonyl (C=O) groups excluding carboxylic acids is 3. The van der Waals surface area contributed by atoms with Crippen molar-refractivity contribution in [3.8, 4) is 0 Å². The third-order valence-corrected chi connectivity index (χ3v) is 6.42. The minimum atomic E-state index is -1.49. The normalized spacial score (nSPS) is 18.2. The number of hydrogen-bond donors (Lipinski definition) is 2. The van der Waals surface area contributed by atoms with Crippen molar-refractivity contribution in [2.45, 2.75) is 83.7 Å². The number of aliphatic hydroxyl groups excluding tert-OH is 1. The second kappa shape index (κ2) is 11.9. The van der Waals surface area contributed by atoms with Gasteiger partial charge in [0.25, 0.3) is 5.91 Å². The Morgan fingerprint density at radius 3 is 2.32 bits per heavy atom. The molecule has 8 heteroatoms. The highest BCUT2D eigenvalue weighted by atomic mass is 16.6. The van der Waals surface area contributed by atoms with Gasteiger partial charge in [-0.2, -0.15) is 0 Å². The second-order valence-corrected chi connectivity index (χ2v) is 10.6. The summed E-state index contributed by atoms with van der Waals surface area (Å²) in [5.74, 6) is -0.934. The maximum Gasteiger partial charge on any atom is 0.417 e. The van der Waals surface area contributed by atoms with Crippen molar-refractivity contribution in [1.82, 2.24) is 10.2 Å². The van der Waals surface area contributed by atoms with Gasteiger partial charge in [0, 0.05) is 13.0 Å². The molecule has 1 saturated heterocycles. The predicted octanol–water partition coefficient (Wildman–Crippen LogP) is 4.24. The third kappa shape index (κ3) is 6.96. The van der Waals surface area contributed by atoms with Crippen LogP contribution in [-0.4, -0.2) is 57.9 Å². The largest absolute Gasteiger partial charge is 0.456 e. The molecular weight excluding hydrogens is 472 g/mol. The number of nitrogens with one attached hydrogen (secondary N) is 1. The Morgan fingerprint density at radius 2 is 1.76 bits per heavy atom. The summed E-state index contributed by atoms with van der Waals surface area (Å²) in [4.78, 5) is 40.2. The zero-order chi connectivity index (χ0) is 27.2. The van der Waals surface area contributed by atoms with Crippen molar-refractivity contribution >= 4 is 18.0 Å². The topological polar surface area (TPSA) is 105 Å². The number of esters is 1. The van der Waals surface area contributed by atoms with E-state index in [9.17, 15) is 19.5 Å². The third-order valence-electron chi connectivity index (χ3n) is 6.42. The smallest absolute Gasteiger partial charge is 0.417 e. The summed E-state index contributed by atoms with van der Waals surface area (Å²) in [6.45, 7) is 9.33. The van der Waals surface area contributed by atoms with Crippen LogP contribution in [-0.2, 0) is 27.2 Å². The zero-order valence-corrected chi connectivity index (χ0v) is 22.3. The fourth-order valence-corrected chi connectivity index (χ4v) is 4.43. The number of ether oxygens (including phenoxy) is 2. The highest BCUT2D eigenvalue weighted by Gasteiger charge is 2.51. The lowest BCUT2D eigenvalue weighted by Crippen LogP contribution is -2.66. The average molecular weight is 511 g/mol. The summed E-state index contributed by atoms with van der Waals surface area (Å²) >= 11 is 0. The Labute approximate surface area is 219 Å². The lowest BCUT2D eigenvalue weighted by Gasteiger charge is -2.39. The molecule has 0 aromatic heterocycles. The van der Waals surface area contributed by atoms with Crippen LogP contribution < -0.4 is 5.32 Å². The molecular formula is C29H38N2O6. The standard InChI is InChI=1S/C29H38N2O6/c1-6-10-24-19-36-27(35)31(24)26(34)29(20(2)32,17-21-11-8-7-9-12-21)30-18-22-13-15-23(16-14-22)25(33)37-28(3,4)5/h7-9,11-16,20,24,30,32H,6,10,17-19H2,1-5H3/t20-,24-,29-/m0/s1. The van der Waals surface area contributed by atoms with Gasteiger partial charge in [-0.25, -0.2) is 14.5 Å². The average Bonchev–Trinajstić information content (AvgIpc) is 3.21. The van der Waals surface area contributed by atoms with Crippen molar-refractivity contribution in [1.29, 1.82) is 0 Å². The molecule has 1 aliphatic rings. The number of benzene rings is 2. The van der Waals surface area contributed by atoms with Gasteiger partial charge >= 0.3 is 12.1 Å². The van der Waals surface area contributed by atoms with Crippen molar-refractivity contribution in [3.63, 3.8) is 0 Å². The van der Waals surface area contributed by atoms with Crippen molar-refractivity contribution in [2.24, 2.45) is 0 Å². The Balaban J connectivity index is 1.89. The molecule has 2 amide bonds. The van der Waals surface area contributed by atoms with Gasteiger partial charge in [-0.3, -0.25) is 10.1 Å². The van der Waals surface area contributed by atoms with Gasteiger partial charge in [0.15, 0.2) is 0 Å². The molecule has 1 fully saturated rings. The maximum atomic E-state index is 14.0. The molecule has 0 radical (unpaired) electrons. The second-order valence-electron chi connectivity index (χ2n) is 10.6. The molecule has 200 valence electrons. The Morgan fingerprint density at radius 1 is 1.11 bits per heavy atom. The van der Waals surface area contributed by atoms with Gasteiger partial charge < -0.3 is 14.6 Å². The molecule has 0 unspecified atom stereocenters. The molecule has 1 aliphatic heterocycles. The Bertz CT molecular complexity index is 1080. The quantitative estimate of drug-likeness (QED) is 0.461. The minimum Gasteiger partial charge on any atom is -0.456 e. The molecule has 3 atom stereocenters. The van der Waals surface area contributed by atoms with Crippen LogP contribution >= 0.6 is 0 Å². The monoisotopic (exact) mass is 510 g/mol. The molecule has 2 N–H and O–H groups in total. The summed E-state index contributed by atoms with van der Waals surface area (Å²) in [5, 5.41) is 14.3. The lowest BCUT2D eigenvalue weighted by molar-refractivity contribution is -0.141. The SMILES string of the molecule is CCC[C@H]1COC(=O)N1C(=O)[C@@](Cc1ccccc1)(NCc1ccc(C(=O)OC(C)(C)C)cc1)[C@H](C)O. The molecule has 3 rings (SSSR count). The van der Waals surface area contributed by atoms with E-state index >= 15 is 0 Å². The van der Waals surface area contributed by atoms with Gasteiger partial charge in [0.2, 0.25) is 0 Å². The number of nitrogens with zero attached hydrogens (tertiary/aromatic N) is 1. The molecule has 0 bridgehead atoms. The van der Waals surface area contributed by atoms with Crippen LogP contribution in [0.4, 0.5) is 4.79 Å². The summed E-state index contributed by atoms with van der Waals surface area (Å²) in [6.07, 6.45) is -0.251. The van der Waals surface area contributed by atoms with E-state index in [2.05, 4.69) is 5.32 Å². The minimum absolute atomic E-state index is 0.145. The van der Waals surface area contributed by atoms with E-state index in [0.29, 0.717) is 12.0 Å². The van der Waals surface area contributed by atoms with Crippen molar-refractivity contribution in [2.75, 3.05) is 6.61 Å². The number of cyclic esters (lactones) is 1. The number of imide groups is 1. The number of carbonyl (C=O) groups is 3. The van der Waals surface area contributed by atoms with E-state index in [4.69, 9.17) is 9.47 Å². The molecule has 8 nitrogen and oxygen atoms in total.